The molecule has 2 aromatic rings. The van der Waals surface area contributed by atoms with Crippen LogP contribution in [0, 0.1) is 0 Å². The zero-order valence-electron chi connectivity index (χ0n) is 12.6. The van der Waals surface area contributed by atoms with Gasteiger partial charge in [-0.15, -0.1) is 0 Å². The van der Waals surface area contributed by atoms with Crippen LogP contribution in [0.1, 0.15) is 26.2 Å². The summed E-state index contributed by atoms with van der Waals surface area (Å²) >= 11 is 2.06. The second-order valence-corrected chi connectivity index (χ2v) is 6.91. The summed E-state index contributed by atoms with van der Waals surface area (Å²) in [4.78, 5) is 4.56. The lowest BCUT2D eigenvalue weighted by molar-refractivity contribution is 0.420. The first-order valence-electron chi connectivity index (χ1n) is 7.63. The number of hydrogen-bond acceptors (Lipinski definition) is 4. The van der Waals surface area contributed by atoms with Crippen molar-refractivity contribution >= 4 is 28.4 Å². The number of methoxy groups -OCH3 is 1. The summed E-state index contributed by atoms with van der Waals surface area (Å²) in [5.41, 5.74) is 0. The topological polar surface area (TPSA) is 34.2 Å². The molecule has 1 N–H and O–H groups in total. The Kier molecular flexibility index (Phi) is 4.54. The van der Waals surface area contributed by atoms with Crippen LogP contribution in [-0.4, -0.2) is 29.1 Å². The maximum atomic E-state index is 5.45. The third-order valence-electron chi connectivity index (χ3n) is 4.14. The number of nitrogens with zero attached hydrogens (tertiary/aromatic N) is 1. The van der Waals surface area contributed by atoms with Gasteiger partial charge in [0, 0.05) is 28.3 Å². The van der Waals surface area contributed by atoms with Gasteiger partial charge in [0.15, 0.2) is 0 Å². The quantitative estimate of drug-likeness (QED) is 0.891. The molecule has 1 aromatic heterocycles. The van der Waals surface area contributed by atoms with Crippen molar-refractivity contribution in [2.75, 3.05) is 18.2 Å². The first kappa shape index (κ1) is 14.5. The van der Waals surface area contributed by atoms with E-state index in [2.05, 4.69) is 35.1 Å². The van der Waals surface area contributed by atoms with Crippen molar-refractivity contribution in [1.82, 2.24) is 4.98 Å². The van der Waals surface area contributed by atoms with Crippen molar-refractivity contribution in [1.29, 1.82) is 0 Å². The number of nitrogens with one attached hydrogen (secondary N) is 1. The Hall–Kier alpha value is -1.42. The molecule has 0 bridgehead atoms. The molecule has 1 aromatic carbocycles. The van der Waals surface area contributed by atoms with Crippen molar-refractivity contribution in [2.24, 2.45) is 0 Å². The average molecular weight is 302 g/mol. The Morgan fingerprint density at radius 2 is 2.19 bits per heavy atom. The van der Waals surface area contributed by atoms with E-state index in [1.807, 2.05) is 24.4 Å². The molecule has 112 valence electrons. The molecule has 3 nitrogen and oxygen atoms in total. The summed E-state index contributed by atoms with van der Waals surface area (Å²) in [5.74, 6) is 3.07. The number of fused-ring (bicyclic) bond motifs is 1. The highest BCUT2D eigenvalue weighted by Gasteiger charge is 2.27. The zero-order valence-corrected chi connectivity index (χ0v) is 13.5. The van der Waals surface area contributed by atoms with Gasteiger partial charge in [-0.05, 0) is 30.7 Å². The largest absolute Gasteiger partial charge is 0.496 e. The highest BCUT2D eigenvalue weighted by Crippen LogP contribution is 2.34. The van der Waals surface area contributed by atoms with Crippen LogP contribution in [0.25, 0.3) is 10.8 Å². The molecule has 1 heterocycles. The van der Waals surface area contributed by atoms with Gasteiger partial charge in [-0.3, -0.25) is 0 Å². The van der Waals surface area contributed by atoms with Crippen LogP contribution in [-0.2, 0) is 0 Å². The van der Waals surface area contributed by atoms with Gasteiger partial charge < -0.3 is 10.1 Å². The van der Waals surface area contributed by atoms with Crippen molar-refractivity contribution in [2.45, 2.75) is 37.5 Å². The van der Waals surface area contributed by atoms with Crippen molar-refractivity contribution in [3.05, 3.63) is 30.5 Å². The van der Waals surface area contributed by atoms with E-state index < -0.39 is 0 Å². The molecule has 1 saturated carbocycles. The lowest BCUT2D eigenvalue weighted by atomic mass is 10.1. The van der Waals surface area contributed by atoms with E-state index in [0.717, 1.165) is 22.3 Å². The van der Waals surface area contributed by atoms with Gasteiger partial charge in [0.05, 0.1) is 7.11 Å². The molecule has 21 heavy (non-hydrogen) atoms. The molecule has 0 amide bonds. The molecule has 0 spiro atoms. The van der Waals surface area contributed by atoms with Crippen LogP contribution in [0.4, 0.5) is 5.82 Å². The molecule has 2 unspecified atom stereocenters. The third kappa shape index (κ3) is 2.95. The normalized spacial score (nSPS) is 21.6. The molecular weight excluding hydrogens is 280 g/mol. The average Bonchev–Trinajstić information content (AvgIpc) is 2.94. The summed E-state index contributed by atoms with van der Waals surface area (Å²) in [6, 6.07) is 8.69. The predicted octanol–water partition coefficient (Wildman–Crippen LogP) is 4.33. The SMILES string of the molecule is CCSC1CCCC1Nc1nccc2c(OC)cccc12. The Morgan fingerprint density at radius 3 is 3.00 bits per heavy atom. The zero-order chi connectivity index (χ0) is 14.7. The molecular formula is C17H22N2OS. The van der Waals surface area contributed by atoms with Gasteiger partial charge in [-0.25, -0.2) is 4.98 Å². The number of benzene rings is 1. The first-order chi connectivity index (χ1) is 10.3. The maximum absolute atomic E-state index is 5.45. The van der Waals surface area contributed by atoms with Crippen LogP contribution in [0.3, 0.4) is 0 Å². The van der Waals surface area contributed by atoms with E-state index in [9.17, 15) is 0 Å². The monoisotopic (exact) mass is 302 g/mol. The van der Waals surface area contributed by atoms with E-state index in [0.29, 0.717) is 11.3 Å². The molecule has 0 aliphatic heterocycles. The van der Waals surface area contributed by atoms with E-state index in [1.165, 1.54) is 25.0 Å². The van der Waals surface area contributed by atoms with Gasteiger partial charge in [0.2, 0.25) is 0 Å². The van der Waals surface area contributed by atoms with Gasteiger partial charge in [0.1, 0.15) is 11.6 Å². The first-order valence-corrected chi connectivity index (χ1v) is 8.68. The summed E-state index contributed by atoms with van der Waals surface area (Å²) < 4.78 is 5.45. The van der Waals surface area contributed by atoms with Crippen LogP contribution in [0.2, 0.25) is 0 Å². The molecule has 4 heteroatoms. The minimum Gasteiger partial charge on any atom is -0.496 e. The molecule has 2 atom stereocenters. The fourth-order valence-corrected chi connectivity index (χ4v) is 4.35. The minimum absolute atomic E-state index is 0.527. The molecule has 1 fully saturated rings. The molecule has 0 radical (unpaired) electrons. The number of anilines is 1. The van der Waals surface area contributed by atoms with E-state index >= 15 is 0 Å². The van der Waals surface area contributed by atoms with Gasteiger partial charge in [-0.1, -0.05) is 25.5 Å². The standard InChI is InChI=1S/C17H22N2OS/c1-3-21-16-9-5-7-14(16)19-17-13-6-4-8-15(20-2)12(13)10-11-18-17/h4,6,8,10-11,14,16H,3,5,7,9H2,1-2H3,(H,18,19). The number of rotatable bonds is 5. The second-order valence-electron chi connectivity index (χ2n) is 5.39. The highest BCUT2D eigenvalue weighted by atomic mass is 32.2. The number of aromatic nitrogens is 1. The van der Waals surface area contributed by atoms with E-state index in [1.54, 1.807) is 7.11 Å². The second kappa shape index (κ2) is 6.56. The Morgan fingerprint density at radius 1 is 1.29 bits per heavy atom. The lowest BCUT2D eigenvalue weighted by Crippen LogP contribution is -2.26. The summed E-state index contributed by atoms with van der Waals surface area (Å²) in [5, 5.41) is 6.65. The number of pyridine rings is 1. The van der Waals surface area contributed by atoms with Crippen molar-refractivity contribution < 1.29 is 4.74 Å². The summed E-state index contributed by atoms with van der Waals surface area (Å²) in [6.45, 7) is 2.24. The van der Waals surface area contributed by atoms with Gasteiger partial charge in [-0.2, -0.15) is 11.8 Å². The fraction of sp³-hybridized carbons (Fsp3) is 0.471. The molecule has 0 saturated heterocycles. The third-order valence-corrected chi connectivity index (χ3v) is 5.47. The lowest BCUT2D eigenvalue weighted by Gasteiger charge is -2.21. The highest BCUT2D eigenvalue weighted by molar-refractivity contribution is 7.99. The summed E-state index contributed by atoms with van der Waals surface area (Å²) in [7, 11) is 1.72. The maximum Gasteiger partial charge on any atom is 0.134 e. The van der Waals surface area contributed by atoms with Crippen molar-refractivity contribution in [3.63, 3.8) is 0 Å². The number of thioether (sulfide) groups is 1. The molecule has 3 rings (SSSR count). The van der Waals surface area contributed by atoms with Crippen LogP contribution < -0.4 is 10.1 Å². The van der Waals surface area contributed by atoms with Crippen molar-refractivity contribution in [3.8, 4) is 5.75 Å². The van der Waals surface area contributed by atoms with Crippen LogP contribution in [0.5, 0.6) is 5.75 Å². The predicted molar refractivity (Wildman–Crippen MR) is 91.5 cm³/mol. The minimum atomic E-state index is 0.527. The van der Waals surface area contributed by atoms with E-state index in [-0.39, 0.29) is 0 Å². The Balaban J connectivity index is 1.90. The smallest absolute Gasteiger partial charge is 0.134 e. The Bertz CT molecular complexity index is 617. The van der Waals surface area contributed by atoms with Gasteiger partial charge in [0.25, 0.3) is 0 Å². The fourth-order valence-electron chi connectivity index (χ4n) is 3.15. The molecule has 1 aliphatic rings. The molecule has 1 aliphatic carbocycles. The number of hydrogen-bond donors (Lipinski definition) is 1. The van der Waals surface area contributed by atoms with Crippen LogP contribution >= 0.6 is 11.8 Å². The number of ether oxygens (including phenoxy) is 1. The van der Waals surface area contributed by atoms with Gasteiger partial charge >= 0.3 is 0 Å². The Labute approximate surface area is 130 Å². The summed E-state index contributed by atoms with van der Waals surface area (Å²) in [6.07, 6.45) is 5.72. The van der Waals surface area contributed by atoms with E-state index in [4.69, 9.17) is 4.74 Å². The van der Waals surface area contributed by atoms with Crippen LogP contribution in [0.15, 0.2) is 30.5 Å².